The summed E-state index contributed by atoms with van der Waals surface area (Å²) in [5.41, 5.74) is 6.27. The minimum atomic E-state index is 0.246. The van der Waals surface area contributed by atoms with Gasteiger partial charge in [0.1, 0.15) is 12.2 Å². The third kappa shape index (κ3) is 2.61. The van der Waals surface area contributed by atoms with Gasteiger partial charge in [0.2, 0.25) is 0 Å². The van der Waals surface area contributed by atoms with Crippen LogP contribution >= 0.6 is 0 Å². The molecule has 2 rings (SSSR count). The maximum absolute atomic E-state index is 6.27. The summed E-state index contributed by atoms with van der Waals surface area (Å²) in [5.74, 6) is 2.57. The first kappa shape index (κ1) is 11.6. The molecule has 0 radical (unpaired) electrons. The summed E-state index contributed by atoms with van der Waals surface area (Å²) >= 11 is 0. The van der Waals surface area contributed by atoms with Crippen molar-refractivity contribution in [2.75, 3.05) is 0 Å². The molecule has 1 fully saturated rings. The molecule has 1 saturated carbocycles. The second-order valence-corrected chi connectivity index (χ2v) is 5.19. The second kappa shape index (κ2) is 4.95. The summed E-state index contributed by atoms with van der Waals surface area (Å²) in [5, 5.41) is 4.08. The zero-order chi connectivity index (χ0) is 11.5. The average Bonchev–Trinajstić information content (AvgIpc) is 2.65. The molecule has 4 nitrogen and oxygen atoms in total. The Morgan fingerprint density at radius 2 is 2.12 bits per heavy atom. The Morgan fingerprint density at radius 1 is 1.44 bits per heavy atom. The molecular formula is C12H22N4. The Hall–Kier alpha value is -0.900. The quantitative estimate of drug-likeness (QED) is 0.843. The van der Waals surface area contributed by atoms with E-state index in [1.165, 1.54) is 25.7 Å². The van der Waals surface area contributed by atoms with Crippen molar-refractivity contribution in [3.63, 3.8) is 0 Å². The normalized spacial score (nSPS) is 27.9. The van der Waals surface area contributed by atoms with E-state index in [0.717, 1.165) is 18.2 Å². The number of hydrogen-bond acceptors (Lipinski definition) is 3. The summed E-state index contributed by atoms with van der Waals surface area (Å²) < 4.78 is 1.82. The predicted molar refractivity (Wildman–Crippen MR) is 63.8 cm³/mol. The van der Waals surface area contributed by atoms with Crippen LogP contribution in [0.3, 0.4) is 0 Å². The van der Waals surface area contributed by atoms with Gasteiger partial charge < -0.3 is 5.73 Å². The van der Waals surface area contributed by atoms with Crippen LogP contribution in [0.2, 0.25) is 0 Å². The maximum Gasteiger partial charge on any atom is 0.138 e. The highest BCUT2D eigenvalue weighted by molar-refractivity contribution is 4.91. The topological polar surface area (TPSA) is 56.7 Å². The van der Waals surface area contributed by atoms with Gasteiger partial charge in [-0.15, -0.1) is 0 Å². The average molecular weight is 222 g/mol. The molecule has 1 atom stereocenters. The first-order chi connectivity index (χ1) is 7.66. The van der Waals surface area contributed by atoms with Gasteiger partial charge in [-0.25, -0.2) is 4.98 Å². The molecule has 16 heavy (non-hydrogen) atoms. The molecule has 1 heterocycles. The van der Waals surface area contributed by atoms with Crippen molar-refractivity contribution < 1.29 is 0 Å². The van der Waals surface area contributed by atoms with Gasteiger partial charge in [-0.1, -0.05) is 19.8 Å². The van der Waals surface area contributed by atoms with Gasteiger partial charge in [0.05, 0.1) is 0 Å². The van der Waals surface area contributed by atoms with E-state index in [2.05, 4.69) is 17.0 Å². The van der Waals surface area contributed by atoms with Crippen LogP contribution in [0.5, 0.6) is 0 Å². The molecule has 1 unspecified atom stereocenters. The van der Waals surface area contributed by atoms with Gasteiger partial charge in [-0.2, -0.15) is 5.10 Å². The van der Waals surface area contributed by atoms with Crippen molar-refractivity contribution in [3.05, 3.63) is 12.2 Å². The van der Waals surface area contributed by atoms with Crippen LogP contribution in [-0.4, -0.2) is 20.8 Å². The largest absolute Gasteiger partial charge is 0.327 e. The standard InChI is InChI=1S/C12H22N4/c1-9-3-5-10(6-4-9)11(13)7-12-14-8-15-16(12)2/h8-11H,3-7,13H2,1-2H3. The predicted octanol–water partition coefficient (Wildman–Crippen LogP) is 1.51. The minimum Gasteiger partial charge on any atom is -0.327 e. The van der Waals surface area contributed by atoms with Gasteiger partial charge in [0, 0.05) is 19.5 Å². The zero-order valence-corrected chi connectivity index (χ0v) is 10.3. The molecule has 0 amide bonds. The van der Waals surface area contributed by atoms with Crippen LogP contribution in [0.1, 0.15) is 38.4 Å². The molecule has 0 saturated heterocycles. The van der Waals surface area contributed by atoms with Crippen molar-refractivity contribution >= 4 is 0 Å². The van der Waals surface area contributed by atoms with Crippen LogP contribution in [-0.2, 0) is 13.5 Å². The number of rotatable bonds is 3. The number of nitrogens with zero attached hydrogens (tertiary/aromatic N) is 3. The third-order valence-electron chi connectivity index (χ3n) is 3.89. The lowest BCUT2D eigenvalue weighted by molar-refractivity contribution is 0.251. The van der Waals surface area contributed by atoms with Crippen LogP contribution in [0.4, 0.5) is 0 Å². The van der Waals surface area contributed by atoms with E-state index in [4.69, 9.17) is 5.73 Å². The van der Waals surface area contributed by atoms with E-state index in [-0.39, 0.29) is 6.04 Å². The number of nitrogens with two attached hydrogens (primary N) is 1. The van der Waals surface area contributed by atoms with E-state index in [0.29, 0.717) is 5.92 Å². The molecule has 1 aliphatic rings. The summed E-state index contributed by atoms with van der Waals surface area (Å²) in [6, 6.07) is 0.246. The van der Waals surface area contributed by atoms with Crippen molar-refractivity contribution in [3.8, 4) is 0 Å². The Morgan fingerprint density at radius 3 is 2.69 bits per heavy atom. The highest BCUT2D eigenvalue weighted by Gasteiger charge is 2.24. The summed E-state index contributed by atoms with van der Waals surface area (Å²) in [6.07, 6.45) is 7.68. The lowest BCUT2D eigenvalue weighted by atomic mass is 9.78. The summed E-state index contributed by atoms with van der Waals surface area (Å²) in [6.45, 7) is 2.34. The second-order valence-electron chi connectivity index (χ2n) is 5.19. The highest BCUT2D eigenvalue weighted by Crippen LogP contribution is 2.30. The fourth-order valence-electron chi connectivity index (χ4n) is 2.60. The van der Waals surface area contributed by atoms with Crippen molar-refractivity contribution in [2.24, 2.45) is 24.6 Å². The molecule has 90 valence electrons. The molecule has 1 aliphatic carbocycles. The molecule has 0 spiro atoms. The first-order valence-electron chi connectivity index (χ1n) is 6.25. The molecular weight excluding hydrogens is 200 g/mol. The number of aromatic nitrogens is 3. The van der Waals surface area contributed by atoms with Gasteiger partial charge in [0.15, 0.2) is 0 Å². The van der Waals surface area contributed by atoms with E-state index < -0.39 is 0 Å². The van der Waals surface area contributed by atoms with Gasteiger partial charge in [-0.05, 0) is 24.7 Å². The van der Waals surface area contributed by atoms with E-state index in [1.54, 1.807) is 6.33 Å². The van der Waals surface area contributed by atoms with Crippen LogP contribution < -0.4 is 5.73 Å². The molecule has 1 aromatic heterocycles. The van der Waals surface area contributed by atoms with Gasteiger partial charge in [-0.3, -0.25) is 4.68 Å². The fourth-order valence-corrected chi connectivity index (χ4v) is 2.60. The highest BCUT2D eigenvalue weighted by atomic mass is 15.3. The Bertz CT molecular complexity index is 326. The Labute approximate surface area is 97.2 Å². The van der Waals surface area contributed by atoms with Crippen molar-refractivity contribution in [1.82, 2.24) is 14.8 Å². The first-order valence-corrected chi connectivity index (χ1v) is 6.25. The Balaban J connectivity index is 1.88. The lowest BCUT2D eigenvalue weighted by Crippen LogP contribution is -2.35. The van der Waals surface area contributed by atoms with E-state index in [9.17, 15) is 0 Å². The van der Waals surface area contributed by atoms with Crippen LogP contribution in [0, 0.1) is 11.8 Å². The van der Waals surface area contributed by atoms with Crippen LogP contribution in [0.25, 0.3) is 0 Å². The number of aryl methyl sites for hydroxylation is 1. The molecule has 2 N–H and O–H groups in total. The molecule has 1 aromatic rings. The van der Waals surface area contributed by atoms with E-state index >= 15 is 0 Å². The monoisotopic (exact) mass is 222 g/mol. The van der Waals surface area contributed by atoms with Crippen LogP contribution in [0.15, 0.2) is 6.33 Å². The Kier molecular flexibility index (Phi) is 3.59. The number of hydrogen-bond donors (Lipinski definition) is 1. The van der Waals surface area contributed by atoms with Crippen molar-refractivity contribution in [1.29, 1.82) is 0 Å². The fraction of sp³-hybridized carbons (Fsp3) is 0.833. The summed E-state index contributed by atoms with van der Waals surface area (Å²) in [7, 11) is 1.93. The third-order valence-corrected chi connectivity index (χ3v) is 3.89. The van der Waals surface area contributed by atoms with Gasteiger partial charge in [0.25, 0.3) is 0 Å². The lowest BCUT2D eigenvalue weighted by Gasteiger charge is -2.30. The molecule has 4 heteroatoms. The SMILES string of the molecule is CC1CCC(C(N)Cc2ncnn2C)CC1. The smallest absolute Gasteiger partial charge is 0.138 e. The van der Waals surface area contributed by atoms with Gasteiger partial charge >= 0.3 is 0 Å². The summed E-state index contributed by atoms with van der Waals surface area (Å²) in [4.78, 5) is 4.24. The maximum atomic E-state index is 6.27. The molecule has 0 bridgehead atoms. The molecule has 0 aliphatic heterocycles. The minimum absolute atomic E-state index is 0.246. The van der Waals surface area contributed by atoms with E-state index in [1.807, 2.05) is 11.7 Å². The zero-order valence-electron chi connectivity index (χ0n) is 10.3. The molecule has 0 aromatic carbocycles. The van der Waals surface area contributed by atoms with Crippen molar-refractivity contribution in [2.45, 2.75) is 45.1 Å².